The molecule has 0 unspecified atom stereocenters. The number of rotatable bonds is 5. The minimum Gasteiger partial charge on any atom is -0.371 e. The van der Waals surface area contributed by atoms with Gasteiger partial charge in [-0.25, -0.2) is 4.39 Å². The number of ether oxygens (including phenoxy) is 1. The Morgan fingerprint density at radius 1 is 1.50 bits per heavy atom. The number of hydrogen-bond donors (Lipinski definition) is 2. The van der Waals surface area contributed by atoms with Crippen LogP contribution in [-0.4, -0.2) is 31.0 Å². The Labute approximate surface area is 132 Å². The molecule has 0 aromatic heterocycles. The van der Waals surface area contributed by atoms with Gasteiger partial charge in [0, 0.05) is 6.61 Å². The van der Waals surface area contributed by atoms with Gasteiger partial charge < -0.3 is 15.4 Å². The molecule has 0 radical (unpaired) electrons. The number of hydrogen-bond acceptors (Lipinski definition) is 3. The van der Waals surface area contributed by atoms with Gasteiger partial charge in [-0.1, -0.05) is 24.2 Å². The molecule has 1 aromatic carbocycles. The molecule has 0 bridgehead atoms. The fourth-order valence-electron chi connectivity index (χ4n) is 2.25. The zero-order chi connectivity index (χ0) is 16.1. The van der Waals surface area contributed by atoms with Crippen molar-refractivity contribution in [2.75, 3.05) is 13.2 Å². The van der Waals surface area contributed by atoms with E-state index in [1.807, 2.05) is 0 Å². The van der Waals surface area contributed by atoms with E-state index in [4.69, 9.17) is 16.3 Å². The summed E-state index contributed by atoms with van der Waals surface area (Å²) in [6, 6.07) is 4.14. The highest BCUT2D eigenvalue weighted by molar-refractivity contribution is 6.30. The van der Waals surface area contributed by atoms with E-state index < -0.39 is 17.8 Å². The third kappa shape index (κ3) is 4.05. The minimum atomic E-state index is -0.530. The summed E-state index contributed by atoms with van der Waals surface area (Å²) >= 11 is 5.66. The Morgan fingerprint density at radius 2 is 2.27 bits per heavy atom. The van der Waals surface area contributed by atoms with Gasteiger partial charge in [0.2, 0.25) is 11.8 Å². The van der Waals surface area contributed by atoms with Gasteiger partial charge in [0.25, 0.3) is 0 Å². The quantitative estimate of drug-likeness (QED) is 0.810. The second-order valence-corrected chi connectivity index (χ2v) is 5.26. The van der Waals surface area contributed by atoms with Crippen molar-refractivity contribution in [3.63, 3.8) is 0 Å². The van der Waals surface area contributed by atoms with E-state index >= 15 is 0 Å². The van der Waals surface area contributed by atoms with Crippen LogP contribution in [0.25, 0.3) is 0 Å². The normalized spacial score (nSPS) is 20.5. The van der Waals surface area contributed by atoms with Gasteiger partial charge in [-0.2, -0.15) is 0 Å². The van der Waals surface area contributed by atoms with Crippen LogP contribution in [0, 0.1) is 5.82 Å². The van der Waals surface area contributed by atoms with Crippen molar-refractivity contribution in [3.05, 3.63) is 47.3 Å². The molecule has 5 nitrogen and oxygen atoms in total. The van der Waals surface area contributed by atoms with Crippen LogP contribution in [0.4, 0.5) is 4.39 Å². The van der Waals surface area contributed by atoms with E-state index in [1.54, 1.807) is 6.07 Å². The fourth-order valence-corrected chi connectivity index (χ4v) is 2.37. The number of halogens is 2. The van der Waals surface area contributed by atoms with Gasteiger partial charge in [0.15, 0.2) is 0 Å². The molecule has 2 N–H and O–H groups in total. The second-order valence-electron chi connectivity index (χ2n) is 4.85. The van der Waals surface area contributed by atoms with Crippen molar-refractivity contribution in [1.29, 1.82) is 0 Å². The SMILES string of the molecule is C=CC(=O)NCC(=O)N[C@@H]1CCO[C@H]1c1ccc(Cl)c(F)c1. The summed E-state index contributed by atoms with van der Waals surface area (Å²) in [6.45, 7) is 3.61. The molecular weight excluding hydrogens is 311 g/mol. The molecule has 1 fully saturated rings. The Morgan fingerprint density at radius 3 is 2.95 bits per heavy atom. The molecule has 7 heteroatoms. The maximum Gasteiger partial charge on any atom is 0.243 e. The average molecular weight is 327 g/mol. The summed E-state index contributed by atoms with van der Waals surface area (Å²) in [5.41, 5.74) is 0.611. The first-order valence-electron chi connectivity index (χ1n) is 6.77. The van der Waals surface area contributed by atoms with Gasteiger partial charge in [0.05, 0.1) is 17.6 Å². The van der Waals surface area contributed by atoms with Crippen LogP contribution in [0.5, 0.6) is 0 Å². The summed E-state index contributed by atoms with van der Waals surface area (Å²) < 4.78 is 19.1. The van der Waals surface area contributed by atoms with Crippen LogP contribution in [0.15, 0.2) is 30.9 Å². The molecule has 22 heavy (non-hydrogen) atoms. The molecule has 2 atom stereocenters. The van der Waals surface area contributed by atoms with Crippen LogP contribution >= 0.6 is 11.6 Å². The van der Waals surface area contributed by atoms with E-state index in [-0.39, 0.29) is 23.5 Å². The van der Waals surface area contributed by atoms with E-state index in [0.717, 1.165) is 6.08 Å². The molecular formula is C15H16ClFN2O3. The van der Waals surface area contributed by atoms with E-state index in [2.05, 4.69) is 17.2 Å². The average Bonchev–Trinajstić information content (AvgIpc) is 2.95. The second kappa shape index (κ2) is 7.38. The number of benzene rings is 1. The molecule has 118 valence electrons. The summed E-state index contributed by atoms with van der Waals surface area (Å²) in [4.78, 5) is 22.8. The van der Waals surface area contributed by atoms with Crippen molar-refractivity contribution >= 4 is 23.4 Å². The number of carbonyl (C=O) groups excluding carboxylic acids is 2. The van der Waals surface area contributed by atoms with Gasteiger partial charge in [0.1, 0.15) is 11.9 Å². The zero-order valence-electron chi connectivity index (χ0n) is 11.8. The standard InChI is InChI=1S/C15H16ClFN2O3/c1-2-13(20)18-8-14(21)19-12-5-6-22-15(12)9-3-4-10(16)11(17)7-9/h2-4,7,12,15H,1,5-6,8H2,(H,18,20)(H,19,21)/t12-,15+/m1/s1. The third-order valence-electron chi connectivity index (χ3n) is 3.32. The molecule has 2 rings (SSSR count). The fraction of sp³-hybridized carbons (Fsp3) is 0.333. The van der Waals surface area contributed by atoms with Crippen LogP contribution in [0.2, 0.25) is 5.02 Å². The lowest BCUT2D eigenvalue weighted by atomic mass is 10.0. The Hall–Kier alpha value is -1.92. The van der Waals surface area contributed by atoms with E-state index in [0.29, 0.717) is 18.6 Å². The van der Waals surface area contributed by atoms with Crippen molar-refractivity contribution < 1.29 is 18.7 Å². The summed E-state index contributed by atoms with van der Waals surface area (Å²) in [6.07, 6.45) is 1.26. The summed E-state index contributed by atoms with van der Waals surface area (Å²) in [5, 5.41) is 5.20. The molecule has 1 aliphatic heterocycles. The highest BCUT2D eigenvalue weighted by Crippen LogP contribution is 2.30. The van der Waals surface area contributed by atoms with Gasteiger partial charge in [-0.15, -0.1) is 0 Å². The predicted octanol–water partition coefficient (Wildman–Crippen LogP) is 1.73. The largest absolute Gasteiger partial charge is 0.371 e. The first-order valence-corrected chi connectivity index (χ1v) is 7.15. The molecule has 1 saturated heterocycles. The number of amides is 2. The van der Waals surface area contributed by atoms with Crippen LogP contribution in [0.1, 0.15) is 18.1 Å². The van der Waals surface area contributed by atoms with E-state index in [9.17, 15) is 14.0 Å². The lowest BCUT2D eigenvalue weighted by molar-refractivity contribution is -0.124. The maximum absolute atomic E-state index is 13.5. The smallest absolute Gasteiger partial charge is 0.243 e. The van der Waals surface area contributed by atoms with Gasteiger partial charge in [-0.05, 0) is 30.2 Å². The Balaban J connectivity index is 1.98. The Kier molecular flexibility index (Phi) is 5.51. The summed E-state index contributed by atoms with van der Waals surface area (Å²) in [5.74, 6) is -1.29. The van der Waals surface area contributed by atoms with Gasteiger partial charge >= 0.3 is 0 Å². The topological polar surface area (TPSA) is 67.4 Å². The molecule has 0 saturated carbocycles. The van der Waals surface area contributed by atoms with Crippen molar-refractivity contribution in [2.45, 2.75) is 18.6 Å². The molecule has 0 aliphatic carbocycles. The highest BCUT2D eigenvalue weighted by atomic mass is 35.5. The highest BCUT2D eigenvalue weighted by Gasteiger charge is 2.31. The van der Waals surface area contributed by atoms with Crippen molar-refractivity contribution in [3.8, 4) is 0 Å². The monoisotopic (exact) mass is 326 g/mol. The van der Waals surface area contributed by atoms with Crippen LogP contribution < -0.4 is 10.6 Å². The summed E-state index contributed by atoms with van der Waals surface area (Å²) in [7, 11) is 0. The minimum absolute atomic E-state index is 0.0365. The molecule has 2 amide bonds. The molecule has 1 aromatic rings. The maximum atomic E-state index is 13.5. The zero-order valence-corrected chi connectivity index (χ0v) is 12.5. The molecule has 1 aliphatic rings. The lowest BCUT2D eigenvalue weighted by Crippen LogP contribution is -2.42. The first-order chi connectivity index (χ1) is 10.5. The van der Waals surface area contributed by atoms with Crippen molar-refractivity contribution in [2.24, 2.45) is 0 Å². The predicted molar refractivity (Wildman–Crippen MR) is 79.9 cm³/mol. The third-order valence-corrected chi connectivity index (χ3v) is 3.63. The van der Waals surface area contributed by atoms with Crippen LogP contribution in [0.3, 0.4) is 0 Å². The van der Waals surface area contributed by atoms with Crippen molar-refractivity contribution in [1.82, 2.24) is 10.6 Å². The molecule has 1 heterocycles. The number of nitrogens with one attached hydrogen (secondary N) is 2. The first kappa shape index (κ1) is 16.5. The molecule has 0 spiro atoms. The lowest BCUT2D eigenvalue weighted by Gasteiger charge is -2.20. The van der Waals surface area contributed by atoms with Crippen LogP contribution in [-0.2, 0) is 14.3 Å². The Bertz CT molecular complexity index is 594. The van der Waals surface area contributed by atoms with Gasteiger partial charge in [-0.3, -0.25) is 9.59 Å². The van der Waals surface area contributed by atoms with E-state index in [1.165, 1.54) is 12.1 Å². The number of carbonyl (C=O) groups is 2.